The summed E-state index contributed by atoms with van der Waals surface area (Å²) in [6.07, 6.45) is 2.83. The molecule has 116 valence electrons. The zero-order chi connectivity index (χ0) is 16.2. The Hall–Kier alpha value is -2.12. The zero-order valence-corrected chi connectivity index (χ0v) is 13.2. The van der Waals surface area contributed by atoms with Crippen LogP contribution in [0.1, 0.15) is 18.2 Å². The number of sulfonamides is 1. The van der Waals surface area contributed by atoms with E-state index in [0.29, 0.717) is 5.02 Å². The van der Waals surface area contributed by atoms with E-state index >= 15 is 0 Å². The highest BCUT2D eigenvalue weighted by Gasteiger charge is 2.18. The topological polar surface area (TPSA) is 89.3 Å². The Bertz CT molecular complexity index is 781. The van der Waals surface area contributed by atoms with Gasteiger partial charge in [0.05, 0.1) is 0 Å². The largest absolute Gasteiger partial charge is 0.364 e. The van der Waals surface area contributed by atoms with Crippen LogP contribution in [0.3, 0.4) is 0 Å². The molecule has 0 aliphatic rings. The van der Waals surface area contributed by atoms with Gasteiger partial charge in [0.1, 0.15) is 17.7 Å². The molecule has 2 aromatic rings. The molecule has 0 unspecified atom stereocenters. The predicted octanol–water partition coefficient (Wildman–Crippen LogP) is 2.38. The van der Waals surface area contributed by atoms with E-state index < -0.39 is 21.7 Å². The fraction of sp³-hybridized carbons (Fsp3) is 0.143. The van der Waals surface area contributed by atoms with Crippen LogP contribution in [0.15, 0.2) is 46.7 Å². The van der Waals surface area contributed by atoms with Crippen molar-refractivity contribution in [2.24, 2.45) is 0 Å². The standard InChI is InChI=1S/C14H13ClN2O4S/c1-10(8-11-2-4-12(15)5-3-11)14(18)17-22(19,20)9-13-6-7-21-16-13/h2-8H,9H2,1H3,(H,17,18). The summed E-state index contributed by atoms with van der Waals surface area (Å²) in [5.41, 5.74) is 1.22. The highest BCUT2D eigenvalue weighted by molar-refractivity contribution is 7.89. The summed E-state index contributed by atoms with van der Waals surface area (Å²) >= 11 is 5.77. The van der Waals surface area contributed by atoms with E-state index in [9.17, 15) is 13.2 Å². The maximum atomic E-state index is 11.9. The molecule has 1 amide bonds. The van der Waals surface area contributed by atoms with E-state index in [0.717, 1.165) is 5.56 Å². The molecule has 0 aliphatic carbocycles. The third-order valence-electron chi connectivity index (χ3n) is 2.69. The van der Waals surface area contributed by atoms with Gasteiger partial charge in [-0.15, -0.1) is 0 Å². The van der Waals surface area contributed by atoms with Gasteiger partial charge in [0.25, 0.3) is 5.91 Å². The number of rotatable bonds is 5. The number of hydrogen-bond donors (Lipinski definition) is 1. The van der Waals surface area contributed by atoms with Crippen molar-refractivity contribution in [3.05, 3.63) is 58.4 Å². The van der Waals surface area contributed by atoms with Crippen molar-refractivity contribution >= 4 is 33.6 Å². The van der Waals surface area contributed by atoms with Gasteiger partial charge in [-0.3, -0.25) is 4.79 Å². The number of benzene rings is 1. The van der Waals surface area contributed by atoms with E-state index in [2.05, 4.69) is 9.68 Å². The second kappa shape index (κ2) is 6.76. The van der Waals surface area contributed by atoms with Gasteiger partial charge in [0.2, 0.25) is 10.0 Å². The lowest BCUT2D eigenvalue weighted by molar-refractivity contribution is -0.115. The molecule has 2 rings (SSSR count). The van der Waals surface area contributed by atoms with Crippen LogP contribution in [-0.4, -0.2) is 19.5 Å². The van der Waals surface area contributed by atoms with Gasteiger partial charge in [0.15, 0.2) is 0 Å². The normalized spacial score (nSPS) is 12.2. The third-order valence-corrected chi connectivity index (χ3v) is 4.11. The van der Waals surface area contributed by atoms with E-state index in [-0.39, 0.29) is 11.3 Å². The Morgan fingerprint density at radius 3 is 2.59 bits per heavy atom. The lowest BCUT2D eigenvalue weighted by atomic mass is 10.1. The molecule has 0 radical (unpaired) electrons. The predicted molar refractivity (Wildman–Crippen MR) is 82.4 cm³/mol. The minimum atomic E-state index is -3.83. The van der Waals surface area contributed by atoms with Crippen LogP contribution < -0.4 is 4.72 Å². The molecular weight excluding hydrogens is 328 g/mol. The number of carbonyl (C=O) groups excluding carboxylic acids is 1. The summed E-state index contributed by atoms with van der Waals surface area (Å²) in [4.78, 5) is 11.9. The van der Waals surface area contributed by atoms with E-state index in [4.69, 9.17) is 11.6 Å². The first-order chi connectivity index (χ1) is 10.4. The molecule has 0 atom stereocenters. The Kier molecular flexibility index (Phi) is 4.99. The Labute approximate surface area is 132 Å². The minimum absolute atomic E-state index is 0.222. The van der Waals surface area contributed by atoms with Gasteiger partial charge < -0.3 is 4.52 Å². The summed E-state index contributed by atoms with van der Waals surface area (Å²) in [6.45, 7) is 1.52. The average Bonchev–Trinajstić information content (AvgIpc) is 2.92. The van der Waals surface area contributed by atoms with Gasteiger partial charge >= 0.3 is 0 Å². The summed E-state index contributed by atoms with van der Waals surface area (Å²) in [6, 6.07) is 8.23. The van der Waals surface area contributed by atoms with Crippen LogP contribution in [-0.2, 0) is 20.6 Å². The highest BCUT2D eigenvalue weighted by Crippen LogP contribution is 2.13. The number of aromatic nitrogens is 1. The van der Waals surface area contributed by atoms with Gasteiger partial charge in [-0.1, -0.05) is 28.9 Å². The summed E-state index contributed by atoms with van der Waals surface area (Å²) in [5.74, 6) is -1.12. The molecule has 0 saturated carbocycles. The van der Waals surface area contributed by atoms with E-state index in [1.165, 1.54) is 19.3 Å². The minimum Gasteiger partial charge on any atom is -0.364 e. The molecule has 0 spiro atoms. The molecule has 1 N–H and O–H groups in total. The van der Waals surface area contributed by atoms with Crippen molar-refractivity contribution in [1.82, 2.24) is 9.88 Å². The molecule has 0 saturated heterocycles. The zero-order valence-electron chi connectivity index (χ0n) is 11.6. The first kappa shape index (κ1) is 16.3. The van der Waals surface area contributed by atoms with Crippen molar-refractivity contribution in [2.45, 2.75) is 12.7 Å². The average molecular weight is 341 g/mol. The SMILES string of the molecule is CC(=Cc1ccc(Cl)cc1)C(=O)NS(=O)(=O)Cc1ccon1. The lowest BCUT2D eigenvalue weighted by Gasteiger charge is -2.05. The number of carbonyl (C=O) groups is 1. The van der Waals surface area contributed by atoms with E-state index in [1.54, 1.807) is 30.3 Å². The summed E-state index contributed by atoms with van der Waals surface area (Å²) < 4.78 is 30.2. The first-order valence-corrected chi connectivity index (χ1v) is 8.27. The molecule has 1 aromatic carbocycles. The molecule has 0 aliphatic heterocycles. The molecule has 1 aromatic heterocycles. The molecule has 22 heavy (non-hydrogen) atoms. The third kappa shape index (κ3) is 4.71. The number of hydrogen-bond acceptors (Lipinski definition) is 5. The van der Waals surface area contributed by atoms with Crippen molar-refractivity contribution in [3.8, 4) is 0 Å². The van der Waals surface area contributed by atoms with Crippen LogP contribution in [0.4, 0.5) is 0 Å². The maximum Gasteiger partial charge on any atom is 0.260 e. The monoisotopic (exact) mass is 340 g/mol. The maximum absolute atomic E-state index is 11.9. The van der Waals surface area contributed by atoms with Crippen LogP contribution in [0.2, 0.25) is 5.02 Å². The summed E-state index contributed by atoms with van der Waals surface area (Å²) in [7, 11) is -3.83. The van der Waals surface area contributed by atoms with Crippen molar-refractivity contribution in [3.63, 3.8) is 0 Å². The molecule has 1 heterocycles. The second-order valence-electron chi connectivity index (χ2n) is 4.56. The van der Waals surface area contributed by atoms with E-state index in [1.807, 2.05) is 4.72 Å². The highest BCUT2D eigenvalue weighted by atomic mass is 35.5. The Morgan fingerprint density at radius 2 is 2.00 bits per heavy atom. The summed E-state index contributed by atoms with van der Waals surface area (Å²) in [5, 5.41) is 4.08. The van der Waals surface area contributed by atoms with Gasteiger partial charge in [-0.25, -0.2) is 13.1 Å². The van der Waals surface area contributed by atoms with Crippen LogP contribution >= 0.6 is 11.6 Å². The number of nitrogens with zero attached hydrogens (tertiary/aromatic N) is 1. The van der Waals surface area contributed by atoms with Crippen LogP contribution in [0.5, 0.6) is 0 Å². The fourth-order valence-corrected chi connectivity index (χ4v) is 2.82. The first-order valence-electron chi connectivity index (χ1n) is 6.24. The lowest BCUT2D eigenvalue weighted by Crippen LogP contribution is -2.32. The number of halogens is 1. The molecule has 8 heteroatoms. The van der Waals surface area contributed by atoms with Gasteiger partial charge in [-0.05, 0) is 30.7 Å². The second-order valence-corrected chi connectivity index (χ2v) is 6.72. The molecular formula is C14H13ClN2O4S. The van der Waals surface area contributed by atoms with Crippen molar-refractivity contribution in [2.75, 3.05) is 0 Å². The van der Waals surface area contributed by atoms with Crippen LogP contribution in [0, 0.1) is 0 Å². The Morgan fingerprint density at radius 1 is 1.32 bits per heavy atom. The molecule has 6 nitrogen and oxygen atoms in total. The number of amides is 1. The molecule has 0 bridgehead atoms. The molecule has 0 fully saturated rings. The smallest absolute Gasteiger partial charge is 0.260 e. The number of nitrogens with one attached hydrogen (secondary N) is 1. The van der Waals surface area contributed by atoms with Gasteiger partial charge in [0, 0.05) is 16.7 Å². The van der Waals surface area contributed by atoms with Crippen molar-refractivity contribution < 1.29 is 17.7 Å². The van der Waals surface area contributed by atoms with Gasteiger partial charge in [-0.2, -0.15) is 0 Å². The Balaban J connectivity index is 2.06. The fourth-order valence-electron chi connectivity index (χ4n) is 1.64. The quantitative estimate of drug-likeness (QED) is 0.844. The van der Waals surface area contributed by atoms with Crippen LogP contribution in [0.25, 0.3) is 6.08 Å². The van der Waals surface area contributed by atoms with Crippen molar-refractivity contribution in [1.29, 1.82) is 0 Å².